The molecule has 33 heavy (non-hydrogen) atoms. The van der Waals surface area contributed by atoms with Gasteiger partial charge in [-0.2, -0.15) is 0 Å². The summed E-state index contributed by atoms with van der Waals surface area (Å²) < 4.78 is 10.5. The fraction of sp³-hybridized carbons (Fsp3) is 0.462. The molecule has 0 spiro atoms. The number of piperazine rings is 1. The molecule has 1 atom stereocenters. The average molecular weight is 452 g/mol. The maximum absolute atomic E-state index is 13.4. The Morgan fingerprint density at radius 1 is 0.909 bits per heavy atom. The lowest BCUT2D eigenvalue weighted by atomic mass is 9.94. The van der Waals surface area contributed by atoms with Gasteiger partial charge < -0.3 is 19.7 Å². The third-order valence-electron chi connectivity index (χ3n) is 6.78. The summed E-state index contributed by atoms with van der Waals surface area (Å²) in [5, 5.41) is 3.11. The maximum atomic E-state index is 13.4. The molecule has 0 radical (unpaired) electrons. The second kappa shape index (κ2) is 10.7. The first-order valence-corrected chi connectivity index (χ1v) is 11.7. The Labute approximate surface area is 195 Å². The molecule has 4 rings (SSSR count). The zero-order chi connectivity index (χ0) is 23.2. The van der Waals surface area contributed by atoms with Crippen molar-refractivity contribution in [3.05, 3.63) is 54.1 Å². The molecule has 1 aliphatic heterocycles. The van der Waals surface area contributed by atoms with Crippen molar-refractivity contribution in [3.63, 3.8) is 0 Å². The molecule has 0 aromatic heterocycles. The molecule has 2 aromatic carbocycles. The summed E-state index contributed by atoms with van der Waals surface area (Å²) in [5.74, 6) is 1.84. The zero-order valence-electron chi connectivity index (χ0n) is 19.5. The van der Waals surface area contributed by atoms with Gasteiger partial charge in [-0.15, -0.1) is 0 Å². The highest BCUT2D eigenvalue weighted by molar-refractivity contribution is 5.96. The summed E-state index contributed by atoms with van der Waals surface area (Å²) in [7, 11) is 3.23. The van der Waals surface area contributed by atoms with Gasteiger partial charge >= 0.3 is 0 Å². The van der Waals surface area contributed by atoms with E-state index in [2.05, 4.69) is 10.2 Å². The van der Waals surface area contributed by atoms with Crippen LogP contribution in [0.4, 0.5) is 5.69 Å². The fourth-order valence-electron chi connectivity index (χ4n) is 4.98. The number of amides is 2. The molecule has 2 aliphatic rings. The first-order valence-electron chi connectivity index (χ1n) is 11.7. The molecule has 2 amide bonds. The van der Waals surface area contributed by atoms with Gasteiger partial charge in [-0.05, 0) is 61.2 Å². The number of nitrogens with zero attached hydrogens (tertiary/aromatic N) is 2. The summed E-state index contributed by atoms with van der Waals surface area (Å²) in [5.41, 5.74) is 1.41. The fourth-order valence-corrected chi connectivity index (χ4v) is 4.98. The van der Waals surface area contributed by atoms with Gasteiger partial charge in [0.1, 0.15) is 11.5 Å². The van der Waals surface area contributed by atoms with Crippen LogP contribution in [-0.2, 0) is 4.79 Å². The van der Waals surface area contributed by atoms with Crippen LogP contribution >= 0.6 is 0 Å². The van der Waals surface area contributed by atoms with E-state index in [1.165, 1.54) is 12.8 Å². The van der Waals surface area contributed by atoms with Crippen molar-refractivity contribution < 1.29 is 19.1 Å². The molecule has 2 aromatic rings. The second-order valence-corrected chi connectivity index (χ2v) is 8.77. The van der Waals surface area contributed by atoms with E-state index in [1.54, 1.807) is 20.3 Å². The van der Waals surface area contributed by atoms with Gasteiger partial charge in [-0.1, -0.05) is 18.9 Å². The highest BCUT2D eigenvalue weighted by Crippen LogP contribution is 2.32. The van der Waals surface area contributed by atoms with E-state index < -0.39 is 0 Å². The Hall–Kier alpha value is -3.06. The van der Waals surface area contributed by atoms with E-state index in [0.717, 1.165) is 24.3 Å². The van der Waals surface area contributed by atoms with Crippen LogP contribution < -0.4 is 14.8 Å². The molecule has 7 heteroatoms. The van der Waals surface area contributed by atoms with Crippen molar-refractivity contribution in [3.8, 4) is 11.5 Å². The summed E-state index contributed by atoms with van der Waals surface area (Å²) in [6.07, 6.45) is 4.49. The van der Waals surface area contributed by atoms with E-state index in [0.29, 0.717) is 43.4 Å². The largest absolute Gasteiger partial charge is 0.497 e. The minimum atomic E-state index is -0.177. The van der Waals surface area contributed by atoms with Crippen molar-refractivity contribution in [2.24, 2.45) is 5.92 Å². The molecule has 0 unspecified atom stereocenters. The van der Waals surface area contributed by atoms with Gasteiger partial charge in [-0.25, -0.2) is 0 Å². The van der Waals surface area contributed by atoms with Gasteiger partial charge in [0, 0.05) is 37.4 Å². The molecular formula is C26H33N3O4. The van der Waals surface area contributed by atoms with Crippen molar-refractivity contribution in [2.75, 3.05) is 45.7 Å². The van der Waals surface area contributed by atoms with Gasteiger partial charge in [-0.3, -0.25) is 14.5 Å². The minimum Gasteiger partial charge on any atom is -0.497 e. The Morgan fingerprint density at radius 3 is 2.21 bits per heavy atom. The maximum Gasteiger partial charge on any atom is 0.254 e. The third kappa shape index (κ3) is 5.47. The number of carbonyl (C=O) groups is 2. The normalized spacial score (nSPS) is 18.1. The number of methoxy groups -OCH3 is 2. The number of ether oxygens (including phenoxy) is 2. The molecule has 7 nitrogen and oxygen atoms in total. The lowest BCUT2D eigenvalue weighted by Crippen LogP contribution is -2.56. The number of nitrogens with one attached hydrogen (secondary N) is 1. The number of carbonyl (C=O) groups excluding carboxylic acids is 2. The lowest BCUT2D eigenvalue weighted by Gasteiger charge is -2.40. The van der Waals surface area contributed by atoms with Crippen molar-refractivity contribution in [1.82, 2.24) is 9.80 Å². The van der Waals surface area contributed by atoms with Crippen LogP contribution in [0, 0.1) is 5.92 Å². The monoisotopic (exact) mass is 451 g/mol. The van der Waals surface area contributed by atoms with Crippen molar-refractivity contribution >= 4 is 17.5 Å². The highest BCUT2D eigenvalue weighted by atomic mass is 16.5. The summed E-state index contributed by atoms with van der Waals surface area (Å²) >= 11 is 0. The first kappa shape index (κ1) is 23.1. The molecule has 1 heterocycles. The molecule has 1 N–H and O–H groups in total. The van der Waals surface area contributed by atoms with Crippen LogP contribution in [0.5, 0.6) is 11.5 Å². The number of hydrogen-bond donors (Lipinski definition) is 1. The van der Waals surface area contributed by atoms with Crippen molar-refractivity contribution in [2.45, 2.75) is 31.7 Å². The quantitative estimate of drug-likeness (QED) is 0.696. The zero-order valence-corrected chi connectivity index (χ0v) is 19.5. The molecule has 1 saturated carbocycles. The van der Waals surface area contributed by atoms with Crippen LogP contribution in [0.25, 0.3) is 0 Å². The van der Waals surface area contributed by atoms with Gasteiger partial charge in [0.15, 0.2) is 0 Å². The highest BCUT2D eigenvalue weighted by Gasteiger charge is 2.37. The summed E-state index contributed by atoms with van der Waals surface area (Å²) in [6.45, 7) is 2.59. The van der Waals surface area contributed by atoms with Crippen LogP contribution in [0.1, 0.15) is 36.0 Å². The van der Waals surface area contributed by atoms with Gasteiger partial charge in [0.05, 0.1) is 20.3 Å². The van der Waals surface area contributed by atoms with E-state index in [4.69, 9.17) is 9.47 Å². The van der Waals surface area contributed by atoms with Crippen molar-refractivity contribution in [1.29, 1.82) is 0 Å². The molecule has 1 saturated heterocycles. The predicted molar refractivity (Wildman–Crippen MR) is 128 cm³/mol. The molecule has 0 bridgehead atoms. The number of benzene rings is 2. The molecule has 176 valence electrons. The molecule has 1 aliphatic carbocycles. The van der Waals surface area contributed by atoms with E-state index in [9.17, 15) is 9.59 Å². The third-order valence-corrected chi connectivity index (χ3v) is 6.78. The van der Waals surface area contributed by atoms with Crippen LogP contribution in [0.15, 0.2) is 48.5 Å². The van der Waals surface area contributed by atoms with E-state index in [1.807, 2.05) is 47.4 Å². The summed E-state index contributed by atoms with van der Waals surface area (Å²) in [4.78, 5) is 30.5. The summed E-state index contributed by atoms with van der Waals surface area (Å²) in [6, 6.07) is 14.5. The second-order valence-electron chi connectivity index (χ2n) is 8.77. The Morgan fingerprint density at radius 2 is 1.58 bits per heavy atom. The molecule has 2 fully saturated rings. The van der Waals surface area contributed by atoms with Crippen LogP contribution in [0.3, 0.4) is 0 Å². The lowest BCUT2D eigenvalue weighted by molar-refractivity contribution is -0.123. The van der Waals surface area contributed by atoms with Crippen LogP contribution in [0.2, 0.25) is 0 Å². The smallest absolute Gasteiger partial charge is 0.254 e. The Balaban J connectivity index is 1.42. The van der Waals surface area contributed by atoms with E-state index >= 15 is 0 Å². The number of anilines is 1. The topological polar surface area (TPSA) is 71.1 Å². The Bertz CT molecular complexity index is 948. The average Bonchev–Trinajstić information content (AvgIpc) is 3.39. The molecular weight excluding hydrogens is 418 g/mol. The van der Waals surface area contributed by atoms with Gasteiger partial charge in [0.2, 0.25) is 5.91 Å². The SMILES string of the molecule is COc1ccc(NC(=O)[C@@H](C2CCCC2)N2CCN(C(=O)c3cccc(OC)c3)CC2)cc1. The van der Waals surface area contributed by atoms with Crippen LogP contribution in [-0.4, -0.2) is 68.1 Å². The number of rotatable bonds is 7. The standard InChI is InChI=1S/C26H33N3O4/c1-32-22-12-10-21(11-13-22)27-25(30)24(19-6-3-4-7-19)28-14-16-29(17-15-28)26(31)20-8-5-9-23(18-20)33-2/h5,8-13,18-19,24H,3-4,6-7,14-17H2,1-2H3,(H,27,30)/t24-/m1/s1. The predicted octanol–water partition coefficient (Wildman–Crippen LogP) is 3.66. The number of hydrogen-bond acceptors (Lipinski definition) is 5. The first-order chi connectivity index (χ1) is 16.1. The Kier molecular flexibility index (Phi) is 7.50. The minimum absolute atomic E-state index is 0.00801. The van der Waals surface area contributed by atoms with E-state index in [-0.39, 0.29) is 17.9 Å². The van der Waals surface area contributed by atoms with Gasteiger partial charge in [0.25, 0.3) is 5.91 Å².